The first-order valence-electron chi connectivity index (χ1n) is 14.7. The Labute approximate surface area is 258 Å². The molecule has 45 heavy (non-hydrogen) atoms. The molecule has 1 aliphatic heterocycles. The minimum atomic E-state index is -0.693. The van der Waals surface area contributed by atoms with Crippen LogP contribution in [-0.2, 0) is 4.79 Å². The molecule has 2 aromatic heterocycles. The monoisotopic (exact) mass is 610 g/mol. The van der Waals surface area contributed by atoms with Crippen molar-refractivity contribution in [3.8, 4) is 28.0 Å². The molecule has 0 radical (unpaired) electrons. The van der Waals surface area contributed by atoms with Crippen LogP contribution in [-0.4, -0.2) is 50.1 Å². The van der Waals surface area contributed by atoms with Crippen molar-refractivity contribution in [3.05, 3.63) is 89.8 Å². The maximum absolute atomic E-state index is 15.8. The Morgan fingerprint density at radius 3 is 2.42 bits per heavy atom. The first kappa shape index (κ1) is 29.7. The number of carbonyl (C=O) groups is 2. The van der Waals surface area contributed by atoms with E-state index in [1.165, 1.54) is 42.7 Å². The maximum Gasteiger partial charge on any atom is 0.261 e. The molecule has 0 bridgehead atoms. The van der Waals surface area contributed by atoms with E-state index in [1.54, 1.807) is 12.1 Å². The third-order valence-corrected chi connectivity index (χ3v) is 8.32. The van der Waals surface area contributed by atoms with Crippen LogP contribution < -0.4 is 11.1 Å². The largest absolute Gasteiger partial charge is 0.506 e. The minimum absolute atomic E-state index is 0.0536. The highest BCUT2D eigenvalue weighted by molar-refractivity contribution is 6.07. The quantitative estimate of drug-likeness (QED) is 0.174. The molecule has 1 saturated heterocycles. The van der Waals surface area contributed by atoms with Gasteiger partial charge in [-0.25, -0.2) is 8.78 Å². The number of amides is 2. The molecule has 9 nitrogen and oxygen atoms in total. The van der Waals surface area contributed by atoms with Crippen LogP contribution in [0.25, 0.3) is 33.2 Å². The van der Waals surface area contributed by atoms with Gasteiger partial charge in [-0.1, -0.05) is 26.0 Å². The summed E-state index contributed by atoms with van der Waals surface area (Å²) in [6.07, 6.45) is 4.14. The van der Waals surface area contributed by atoms with Crippen LogP contribution in [0.15, 0.2) is 67.0 Å². The minimum Gasteiger partial charge on any atom is -0.506 e. The van der Waals surface area contributed by atoms with Gasteiger partial charge in [0.25, 0.3) is 5.91 Å². The van der Waals surface area contributed by atoms with Crippen molar-refractivity contribution in [1.82, 2.24) is 20.1 Å². The Morgan fingerprint density at radius 1 is 1.00 bits per heavy atom. The van der Waals surface area contributed by atoms with Gasteiger partial charge in [0.2, 0.25) is 5.91 Å². The Bertz CT molecular complexity index is 1910. The smallest absolute Gasteiger partial charge is 0.261 e. The summed E-state index contributed by atoms with van der Waals surface area (Å²) >= 11 is 0. The van der Waals surface area contributed by atoms with E-state index in [0.717, 1.165) is 18.4 Å². The SMILES string of the molecule is CC(C)C(=O)N1CCC(c2cc(-c3ccc(NC(=O)c4cncc(-c5ccc(F)cc5)c4O)cc3F)c3c(N)n[nH]c3c2)CC1. The molecule has 0 atom stereocenters. The van der Waals surface area contributed by atoms with Gasteiger partial charge in [0, 0.05) is 48.2 Å². The zero-order valence-electron chi connectivity index (χ0n) is 24.8. The summed E-state index contributed by atoms with van der Waals surface area (Å²) in [6.45, 7) is 5.11. The number of rotatable bonds is 6. The highest BCUT2D eigenvalue weighted by atomic mass is 19.1. The highest BCUT2D eigenvalue weighted by Crippen LogP contribution is 2.39. The first-order chi connectivity index (χ1) is 21.6. The second kappa shape index (κ2) is 12.0. The third-order valence-electron chi connectivity index (χ3n) is 8.32. The number of nitrogen functional groups attached to an aromatic ring is 1. The zero-order valence-corrected chi connectivity index (χ0v) is 24.8. The Hall–Kier alpha value is -5.32. The number of nitrogens with one attached hydrogen (secondary N) is 2. The molecule has 0 aliphatic carbocycles. The second-order valence-corrected chi connectivity index (χ2v) is 11.6. The molecular weight excluding hydrogens is 578 g/mol. The molecule has 0 saturated carbocycles. The van der Waals surface area contributed by atoms with E-state index in [2.05, 4.69) is 20.5 Å². The number of piperidine rings is 1. The van der Waals surface area contributed by atoms with Crippen molar-refractivity contribution < 1.29 is 23.5 Å². The van der Waals surface area contributed by atoms with Gasteiger partial charge in [-0.3, -0.25) is 19.7 Å². The van der Waals surface area contributed by atoms with Crippen LogP contribution in [0, 0.1) is 17.6 Å². The van der Waals surface area contributed by atoms with Crippen molar-refractivity contribution >= 4 is 34.2 Å². The van der Waals surface area contributed by atoms with Gasteiger partial charge in [0.1, 0.15) is 22.9 Å². The molecule has 0 spiro atoms. The number of fused-ring (bicyclic) bond motifs is 1. The van der Waals surface area contributed by atoms with Gasteiger partial charge >= 0.3 is 0 Å². The molecule has 6 rings (SSSR count). The molecule has 11 heteroatoms. The zero-order chi connectivity index (χ0) is 31.8. The summed E-state index contributed by atoms with van der Waals surface area (Å²) in [5.41, 5.74) is 9.50. The molecule has 0 unspecified atom stereocenters. The van der Waals surface area contributed by atoms with E-state index in [1.807, 2.05) is 30.9 Å². The van der Waals surface area contributed by atoms with Crippen LogP contribution >= 0.6 is 0 Å². The number of carbonyl (C=O) groups excluding carboxylic acids is 2. The summed E-state index contributed by atoms with van der Waals surface area (Å²) in [5.74, 6) is -1.55. The molecular formula is C34H32F2N6O3. The van der Waals surface area contributed by atoms with Gasteiger partial charge in [0.15, 0.2) is 5.82 Å². The number of nitrogens with two attached hydrogens (primary N) is 1. The Balaban J connectivity index is 1.26. The van der Waals surface area contributed by atoms with Crippen molar-refractivity contribution in [2.75, 3.05) is 24.1 Å². The maximum atomic E-state index is 15.8. The number of pyridine rings is 1. The van der Waals surface area contributed by atoms with Gasteiger partial charge in [-0.2, -0.15) is 5.10 Å². The standard InChI is InChI=1S/C34H32F2N6O3/c1-18(2)34(45)42-11-9-19(10-12-42)21-13-25(30-29(14-21)40-41-32(30)37)24-8-7-23(15-28(24)36)39-33(44)27-17-38-16-26(31(27)43)20-3-5-22(35)6-4-20/h3-8,13-19H,9-12H2,1-2H3,(H,38,43)(H,39,44)(H3,37,40,41). The fraction of sp³-hybridized carbons (Fsp3) is 0.235. The number of aromatic amines is 1. The van der Waals surface area contributed by atoms with Crippen LogP contribution in [0.2, 0.25) is 0 Å². The predicted molar refractivity (Wildman–Crippen MR) is 169 cm³/mol. The van der Waals surface area contributed by atoms with Crippen molar-refractivity contribution in [3.63, 3.8) is 0 Å². The van der Waals surface area contributed by atoms with Crippen molar-refractivity contribution in [2.45, 2.75) is 32.6 Å². The van der Waals surface area contributed by atoms with E-state index in [9.17, 15) is 19.1 Å². The average molecular weight is 611 g/mol. The van der Waals surface area contributed by atoms with Crippen LogP contribution in [0.5, 0.6) is 5.75 Å². The molecule has 5 N–H and O–H groups in total. The molecule has 3 heterocycles. The molecule has 1 fully saturated rings. The molecule has 3 aromatic carbocycles. The summed E-state index contributed by atoms with van der Waals surface area (Å²) in [4.78, 5) is 31.5. The summed E-state index contributed by atoms with van der Waals surface area (Å²) in [5, 5.41) is 21.1. The fourth-order valence-corrected chi connectivity index (χ4v) is 5.92. The molecule has 230 valence electrons. The van der Waals surface area contributed by atoms with Gasteiger partial charge in [-0.05, 0) is 77.9 Å². The van der Waals surface area contributed by atoms with E-state index >= 15 is 4.39 Å². The number of aromatic nitrogens is 3. The van der Waals surface area contributed by atoms with E-state index in [0.29, 0.717) is 35.1 Å². The first-order valence-corrected chi connectivity index (χ1v) is 14.7. The molecule has 5 aromatic rings. The second-order valence-electron chi connectivity index (χ2n) is 11.6. The normalized spacial score (nSPS) is 13.8. The lowest BCUT2D eigenvalue weighted by molar-refractivity contribution is -0.135. The Morgan fingerprint density at radius 2 is 1.73 bits per heavy atom. The number of likely N-dealkylation sites (tertiary alicyclic amines) is 1. The Kier molecular flexibility index (Phi) is 7.92. The lowest BCUT2D eigenvalue weighted by atomic mass is 9.86. The summed E-state index contributed by atoms with van der Waals surface area (Å²) in [7, 11) is 0. The van der Waals surface area contributed by atoms with E-state index < -0.39 is 17.5 Å². The number of halogens is 2. The lowest BCUT2D eigenvalue weighted by Crippen LogP contribution is -2.40. The number of benzene rings is 3. The lowest BCUT2D eigenvalue weighted by Gasteiger charge is -2.33. The van der Waals surface area contributed by atoms with E-state index in [4.69, 9.17) is 5.73 Å². The number of nitrogens with zero attached hydrogens (tertiary/aromatic N) is 3. The van der Waals surface area contributed by atoms with Crippen molar-refractivity contribution in [2.24, 2.45) is 5.92 Å². The van der Waals surface area contributed by atoms with Gasteiger partial charge in [0.05, 0.1) is 10.9 Å². The highest BCUT2D eigenvalue weighted by Gasteiger charge is 2.27. The average Bonchev–Trinajstić information content (AvgIpc) is 3.41. The number of H-pyrrole nitrogens is 1. The molecule has 2 amide bonds. The number of hydrogen-bond acceptors (Lipinski definition) is 6. The van der Waals surface area contributed by atoms with Crippen LogP contribution in [0.4, 0.5) is 20.3 Å². The molecule has 1 aliphatic rings. The summed E-state index contributed by atoms with van der Waals surface area (Å²) in [6, 6.07) is 13.7. The topological polar surface area (TPSA) is 137 Å². The predicted octanol–water partition coefficient (Wildman–Crippen LogP) is 6.47. The van der Waals surface area contributed by atoms with E-state index in [-0.39, 0.29) is 51.7 Å². The summed E-state index contributed by atoms with van der Waals surface area (Å²) < 4.78 is 29.2. The number of hydrogen-bond donors (Lipinski definition) is 4. The van der Waals surface area contributed by atoms with Gasteiger partial charge < -0.3 is 21.1 Å². The number of aromatic hydroxyl groups is 1. The third kappa shape index (κ3) is 5.81. The van der Waals surface area contributed by atoms with Crippen LogP contribution in [0.1, 0.15) is 48.5 Å². The van der Waals surface area contributed by atoms with Gasteiger partial charge in [-0.15, -0.1) is 0 Å². The van der Waals surface area contributed by atoms with Crippen molar-refractivity contribution in [1.29, 1.82) is 0 Å². The fourth-order valence-electron chi connectivity index (χ4n) is 5.92. The number of anilines is 2. The van der Waals surface area contributed by atoms with Crippen LogP contribution in [0.3, 0.4) is 0 Å².